The van der Waals surface area contributed by atoms with E-state index in [4.69, 9.17) is 5.11 Å². The van der Waals surface area contributed by atoms with Crippen LogP contribution in [0.25, 0.3) is 10.9 Å². The fourth-order valence-electron chi connectivity index (χ4n) is 2.82. The first kappa shape index (κ1) is 11.0. The van der Waals surface area contributed by atoms with Crippen molar-refractivity contribution in [1.82, 2.24) is 4.57 Å². The smallest absolute Gasteiger partial charge is 0.377 e. The molecule has 0 aliphatic carbocycles. The van der Waals surface area contributed by atoms with Gasteiger partial charge in [-0.25, -0.2) is 4.79 Å². The van der Waals surface area contributed by atoms with Gasteiger partial charge in [-0.15, -0.1) is 0 Å². The summed E-state index contributed by atoms with van der Waals surface area (Å²) < 4.78 is 2.01. The zero-order chi connectivity index (χ0) is 12.9. The van der Waals surface area contributed by atoms with Crippen LogP contribution >= 0.6 is 0 Å². The van der Waals surface area contributed by atoms with Crippen LogP contribution in [0.5, 0.6) is 0 Å². The summed E-state index contributed by atoms with van der Waals surface area (Å²) in [5.41, 5.74) is 2.50. The topological polar surface area (TPSA) is 59.3 Å². The van der Waals surface area contributed by atoms with Gasteiger partial charge in [-0.3, -0.25) is 4.79 Å². The van der Waals surface area contributed by atoms with Gasteiger partial charge in [-0.1, -0.05) is 25.1 Å². The molecule has 1 aliphatic rings. The summed E-state index contributed by atoms with van der Waals surface area (Å²) in [6.07, 6.45) is 2.66. The highest BCUT2D eigenvalue weighted by atomic mass is 16.4. The first-order valence-electron chi connectivity index (χ1n) is 5.96. The largest absolute Gasteiger partial charge is 0.475 e. The maximum Gasteiger partial charge on any atom is 0.377 e. The van der Waals surface area contributed by atoms with E-state index in [0.717, 1.165) is 23.9 Å². The number of ketones is 1. The number of hydrogen-bond donors (Lipinski definition) is 1. The lowest BCUT2D eigenvalue weighted by molar-refractivity contribution is -0.131. The van der Waals surface area contributed by atoms with E-state index in [0.29, 0.717) is 11.5 Å². The van der Waals surface area contributed by atoms with Gasteiger partial charge < -0.3 is 9.67 Å². The van der Waals surface area contributed by atoms with Crippen LogP contribution in [0.3, 0.4) is 0 Å². The molecule has 0 spiro atoms. The van der Waals surface area contributed by atoms with Gasteiger partial charge in [0.15, 0.2) is 0 Å². The van der Waals surface area contributed by atoms with Crippen LogP contribution in [0, 0.1) is 5.92 Å². The third kappa shape index (κ3) is 1.45. The Morgan fingerprint density at radius 3 is 2.89 bits per heavy atom. The fourth-order valence-corrected chi connectivity index (χ4v) is 2.82. The quantitative estimate of drug-likeness (QED) is 0.649. The number of carboxylic acid groups (broad SMARTS) is 1. The highest BCUT2D eigenvalue weighted by Crippen LogP contribution is 2.31. The lowest BCUT2D eigenvalue weighted by Gasteiger charge is -2.21. The zero-order valence-electron chi connectivity index (χ0n) is 10.0. The second kappa shape index (κ2) is 3.70. The predicted molar refractivity (Wildman–Crippen MR) is 66.8 cm³/mol. The maximum atomic E-state index is 11.7. The van der Waals surface area contributed by atoms with E-state index in [9.17, 15) is 9.59 Å². The monoisotopic (exact) mass is 243 g/mol. The number of para-hydroxylation sites is 1. The number of nitrogens with zero attached hydrogens (tertiary/aromatic N) is 1. The molecule has 1 aromatic heterocycles. The van der Waals surface area contributed by atoms with E-state index < -0.39 is 11.8 Å². The predicted octanol–water partition coefficient (Wildman–Crippen LogP) is 2.10. The van der Waals surface area contributed by atoms with E-state index in [1.165, 1.54) is 5.56 Å². The van der Waals surface area contributed by atoms with Gasteiger partial charge >= 0.3 is 5.97 Å². The second-order valence-electron chi connectivity index (χ2n) is 4.95. The Hall–Kier alpha value is -2.10. The van der Waals surface area contributed by atoms with E-state index in [1.54, 1.807) is 6.20 Å². The van der Waals surface area contributed by atoms with Crippen molar-refractivity contribution in [2.75, 3.05) is 0 Å². The summed E-state index contributed by atoms with van der Waals surface area (Å²) in [7, 11) is 0. The summed E-state index contributed by atoms with van der Waals surface area (Å²) in [5.74, 6) is -1.72. The van der Waals surface area contributed by atoms with Crippen molar-refractivity contribution in [3.05, 3.63) is 35.5 Å². The fraction of sp³-hybridized carbons (Fsp3) is 0.286. The first-order valence-corrected chi connectivity index (χ1v) is 5.96. The van der Waals surface area contributed by atoms with Crippen LogP contribution in [0.15, 0.2) is 24.4 Å². The molecule has 92 valence electrons. The Balaban J connectivity index is 2.29. The molecule has 2 aromatic rings. The Kier molecular flexibility index (Phi) is 2.26. The molecule has 4 heteroatoms. The molecule has 0 saturated carbocycles. The summed E-state index contributed by atoms with van der Waals surface area (Å²) in [6.45, 7) is 2.99. The van der Waals surface area contributed by atoms with Crippen molar-refractivity contribution in [3.8, 4) is 0 Å². The van der Waals surface area contributed by atoms with Crippen LogP contribution in [0.4, 0.5) is 0 Å². The molecule has 1 unspecified atom stereocenters. The number of hydrogen-bond acceptors (Lipinski definition) is 2. The standard InChI is InChI=1S/C14H13NO3/c1-8-5-9-3-2-4-10-11(13(16)14(17)18)7-15(6-8)12(9)10/h2-4,7-8H,5-6H2,1H3,(H,17,18). The molecule has 0 amide bonds. The number of carbonyl (C=O) groups is 2. The van der Waals surface area contributed by atoms with Crippen molar-refractivity contribution in [1.29, 1.82) is 0 Å². The van der Waals surface area contributed by atoms with Crippen LogP contribution < -0.4 is 0 Å². The first-order chi connectivity index (χ1) is 8.58. The van der Waals surface area contributed by atoms with Crippen LogP contribution in [0.1, 0.15) is 22.8 Å². The summed E-state index contributed by atoms with van der Waals surface area (Å²) in [4.78, 5) is 22.5. The molecule has 1 atom stereocenters. The highest BCUT2D eigenvalue weighted by Gasteiger charge is 2.25. The molecule has 0 radical (unpaired) electrons. The molecule has 2 heterocycles. The average molecular weight is 243 g/mol. The second-order valence-corrected chi connectivity index (χ2v) is 4.95. The minimum atomic E-state index is -1.40. The van der Waals surface area contributed by atoms with Gasteiger partial charge in [-0.05, 0) is 17.9 Å². The molecule has 0 fully saturated rings. The van der Waals surface area contributed by atoms with Gasteiger partial charge in [0, 0.05) is 18.1 Å². The molecule has 4 nitrogen and oxygen atoms in total. The number of Topliss-reactive ketones (excluding diaryl/α,β-unsaturated/α-hetero) is 1. The van der Waals surface area contributed by atoms with Crippen LogP contribution in [-0.2, 0) is 17.8 Å². The number of benzene rings is 1. The zero-order valence-corrected chi connectivity index (χ0v) is 10.0. The molecule has 0 saturated heterocycles. The van der Waals surface area contributed by atoms with Crippen molar-refractivity contribution < 1.29 is 14.7 Å². The molecule has 18 heavy (non-hydrogen) atoms. The van der Waals surface area contributed by atoms with E-state index in [2.05, 4.69) is 6.92 Å². The Morgan fingerprint density at radius 1 is 1.39 bits per heavy atom. The van der Waals surface area contributed by atoms with Gasteiger partial charge in [0.2, 0.25) is 0 Å². The summed E-state index contributed by atoms with van der Waals surface area (Å²) in [6, 6.07) is 5.75. The SMILES string of the molecule is CC1Cc2cccc3c(C(=O)C(=O)O)cn(c23)C1. The third-order valence-electron chi connectivity index (χ3n) is 3.50. The molecular formula is C14H13NO3. The molecule has 1 aromatic carbocycles. The third-order valence-corrected chi connectivity index (χ3v) is 3.50. The lowest BCUT2D eigenvalue weighted by atomic mass is 9.95. The molecule has 0 bridgehead atoms. The van der Waals surface area contributed by atoms with Crippen molar-refractivity contribution in [3.63, 3.8) is 0 Å². The van der Waals surface area contributed by atoms with E-state index in [-0.39, 0.29) is 0 Å². The van der Waals surface area contributed by atoms with Crippen molar-refractivity contribution >= 4 is 22.7 Å². The number of aromatic nitrogens is 1. The number of carboxylic acids is 1. The number of rotatable bonds is 2. The summed E-state index contributed by atoms with van der Waals surface area (Å²) >= 11 is 0. The molecule has 1 aliphatic heterocycles. The Bertz CT molecular complexity index is 669. The van der Waals surface area contributed by atoms with Gasteiger partial charge in [0.05, 0.1) is 11.1 Å². The minimum Gasteiger partial charge on any atom is -0.475 e. The Morgan fingerprint density at radius 2 is 2.17 bits per heavy atom. The van der Waals surface area contributed by atoms with E-state index in [1.807, 2.05) is 22.8 Å². The molecule has 3 rings (SSSR count). The normalized spacial score (nSPS) is 17.9. The van der Waals surface area contributed by atoms with Crippen LogP contribution in [0.2, 0.25) is 0 Å². The maximum absolute atomic E-state index is 11.7. The average Bonchev–Trinajstić information content (AvgIpc) is 2.68. The lowest BCUT2D eigenvalue weighted by Crippen LogP contribution is -2.15. The van der Waals surface area contributed by atoms with Gasteiger partial charge in [-0.2, -0.15) is 0 Å². The minimum absolute atomic E-state index is 0.299. The number of aliphatic carboxylic acids is 1. The molecule has 1 N–H and O–H groups in total. The van der Waals surface area contributed by atoms with Gasteiger partial charge in [0.1, 0.15) is 0 Å². The van der Waals surface area contributed by atoms with Crippen LogP contribution in [-0.4, -0.2) is 21.4 Å². The number of carbonyl (C=O) groups excluding carboxylic acids is 1. The highest BCUT2D eigenvalue weighted by molar-refractivity contribution is 6.42. The van der Waals surface area contributed by atoms with Crippen molar-refractivity contribution in [2.45, 2.75) is 19.9 Å². The Labute approximate surface area is 104 Å². The summed E-state index contributed by atoms with van der Waals surface area (Å²) in [5, 5.41) is 9.61. The van der Waals surface area contributed by atoms with E-state index >= 15 is 0 Å². The van der Waals surface area contributed by atoms with Gasteiger partial charge in [0.25, 0.3) is 5.78 Å². The molecular weight excluding hydrogens is 230 g/mol. The van der Waals surface area contributed by atoms with Crippen molar-refractivity contribution in [2.24, 2.45) is 5.92 Å².